The summed E-state index contributed by atoms with van der Waals surface area (Å²) in [5.74, 6) is -0.627. The third kappa shape index (κ3) is 1.84. The maximum atomic E-state index is 14.0. The first-order chi connectivity index (χ1) is 9.72. The first kappa shape index (κ1) is 12.4. The molecule has 3 heteroatoms. The number of rotatable bonds is 2. The second-order valence-electron chi connectivity index (χ2n) is 4.45. The maximum Gasteiger partial charge on any atom is 0.254 e. The molecule has 2 aromatic carbocycles. The molecule has 98 valence electrons. The predicted octanol–water partition coefficient (Wildman–Crippen LogP) is 4.27. The van der Waals surface area contributed by atoms with Crippen LogP contribution < -0.4 is 0 Å². The highest BCUT2D eigenvalue weighted by molar-refractivity contribution is 6.02. The van der Waals surface area contributed by atoms with Crippen molar-refractivity contribution in [1.29, 1.82) is 0 Å². The highest BCUT2D eigenvalue weighted by Crippen LogP contribution is 2.29. The standard InChI is InChI=1S/C17H12FNO/c1-2-17(20)19-15-10-6-3-7-12(15)11-16(19)13-8-4-5-9-14(13)18/h2-11H,1H2. The number of allylic oxidation sites excluding steroid dienone is 1. The van der Waals surface area contributed by atoms with Gasteiger partial charge in [0.1, 0.15) is 5.82 Å². The molecule has 3 rings (SSSR count). The number of hydrogen-bond donors (Lipinski definition) is 0. The van der Waals surface area contributed by atoms with Crippen LogP contribution in [0.2, 0.25) is 0 Å². The molecule has 0 bridgehead atoms. The number of fused-ring (bicyclic) bond motifs is 1. The Balaban J connectivity index is 2.38. The fraction of sp³-hybridized carbons (Fsp3) is 0. The molecule has 1 aromatic heterocycles. The number of nitrogens with zero attached hydrogens (tertiary/aromatic N) is 1. The first-order valence-corrected chi connectivity index (χ1v) is 6.24. The van der Waals surface area contributed by atoms with E-state index in [1.807, 2.05) is 30.3 Å². The van der Waals surface area contributed by atoms with Crippen LogP contribution in [-0.2, 0) is 0 Å². The van der Waals surface area contributed by atoms with Gasteiger partial charge in [-0.2, -0.15) is 0 Å². The summed E-state index contributed by atoms with van der Waals surface area (Å²) in [7, 11) is 0. The lowest BCUT2D eigenvalue weighted by molar-refractivity contribution is 0.0976. The van der Waals surface area contributed by atoms with Crippen molar-refractivity contribution in [2.24, 2.45) is 0 Å². The summed E-state index contributed by atoms with van der Waals surface area (Å²) in [6, 6.07) is 15.7. The van der Waals surface area contributed by atoms with Crippen molar-refractivity contribution in [3.8, 4) is 11.3 Å². The number of aromatic nitrogens is 1. The largest absolute Gasteiger partial charge is 0.276 e. The van der Waals surface area contributed by atoms with E-state index in [0.29, 0.717) is 11.3 Å². The molecule has 0 radical (unpaired) electrons. The zero-order valence-electron chi connectivity index (χ0n) is 10.7. The van der Waals surface area contributed by atoms with Gasteiger partial charge in [0.15, 0.2) is 0 Å². The second kappa shape index (κ2) is 4.78. The zero-order valence-corrected chi connectivity index (χ0v) is 10.7. The minimum Gasteiger partial charge on any atom is -0.276 e. The van der Waals surface area contributed by atoms with Gasteiger partial charge in [-0.25, -0.2) is 4.39 Å². The topological polar surface area (TPSA) is 22.0 Å². The fourth-order valence-electron chi connectivity index (χ4n) is 2.35. The van der Waals surface area contributed by atoms with Gasteiger partial charge in [-0.05, 0) is 30.3 Å². The van der Waals surface area contributed by atoms with Gasteiger partial charge in [0.25, 0.3) is 5.91 Å². The molecule has 0 aliphatic heterocycles. The van der Waals surface area contributed by atoms with E-state index in [-0.39, 0.29) is 11.7 Å². The molecule has 0 aliphatic carbocycles. The summed E-state index contributed by atoms with van der Waals surface area (Å²) in [5, 5.41) is 0.890. The van der Waals surface area contributed by atoms with Crippen LogP contribution >= 0.6 is 0 Å². The van der Waals surface area contributed by atoms with Gasteiger partial charge in [-0.15, -0.1) is 0 Å². The smallest absolute Gasteiger partial charge is 0.254 e. The highest BCUT2D eigenvalue weighted by atomic mass is 19.1. The lowest BCUT2D eigenvalue weighted by atomic mass is 10.1. The molecular weight excluding hydrogens is 253 g/mol. The van der Waals surface area contributed by atoms with Crippen LogP contribution in [0.15, 0.2) is 67.3 Å². The molecule has 0 fully saturated rings. The van der Waals surface area contributed by atoms with Crippen LogP contribution in [0.25, 0.3) is 22.2 Å². The molecule has 0 amide bonds. The second-order valence-corrected chi connectivity index (χ2v) is 4.45. The van der Waals surface area contributed by atoms with Crippen molar-refractivity contribution in [3.63, 3.8) is 0 Å². The Hall–Kier alpha value is -2.68. The Morgan fingerprint density at radius 3 is 2.55 bits per heavy atom. The third-order valence-electron chi connectivity index (χ3n) is 3.26. The summed E-state index contributed by atoms with van der Waals surface area (Å²) in [6.07, 6.45) is 1.23. The number of halogens is 1. The third-order valence-corrected chi connectivity index (χ3v) is 3.26. The van der Waals surface area contributed by atoms with Crippen molar-refractivity contribution in [3.05, 3.63) is 73.1 Å². The van der Waals surface area contributed by atoms with Crippen LogP contribution in [0.3, 0.4) is 0 Å². The summed E-state index contributed by atoms with van der Waals surface area (Å²) in [5.41, 5.74) is 1.68. The average molecular weight is 265 g/mol. The molecule has 1 heterocycles. The molecule has 0 N–H and O–H groups in total. The zero-order chi connectivity index (χ0) is 14.1. The maximum absolute atomic E-state index is 14.0. The molecule has 2 nitrogen and oxygen atoms in total. The summed E-state index contributed by atoms with van der Waals surface area (Å²) in [4.78, 5) is 12.1. The number of para-hydroxylation sites is 1. The van der Waals surface area contributed by atoms with Gasteiger partial charge >= 0.3 is 0 Å². The molecule has 0 aliphatic rings. The SMILES string of the molecule is C=CC(=O)n1c(-c2ccccc2F)cc2ccccc21. The molecule has 0 saturated heterocycles. The van der Waals surface area contributed by atoms with Gasteiger partial charge < -0.3 is 0 Å². The van der Waals surface area contributed by atoms with Crippen molar-refractivity contribution in [2.45, 2.75) is 0 Å². The van der Waals surface area contributed by atoms with E-state index in [2.05, 4.69) is 6.58 Å². The number of carbonyl (C=O) groups is 1. The van der Waals surface area contributed by atoms with E-state index < -0.39 is 0 Å². The van der Waals surface area contributed by atoms with Gasteiger partial charge in [-0.1, -0.05) is 36.9 Å². The lowest BCUT2D eigenvalue weighted by Gasteiger charge is -2.07. The monoisotopic (exact) mass is 265 g/mol. The number of benzene rings is 2. The molecule has 0 unspecified atom stereocenters. The molecule has 3 aromatic rings. The van der Waals surface area contributed by atoms with E-state index in [4.69, 9.17) is 0 Å². The minimum atomic E-state index is -0.353. The summed E-state index contributed by atoms with van der Waals surface area (Å²) < 4.78 is 15.5. The molecular formula is C17H12FNO. The highest BCUT2D eigenvalue weighted by Gasteiger charge is 2.16. The van der Waals surface area contributed by atoms with Gasteiger partial charge in [0, 0.05) is 10.9 Å². The van der Waals surface area contributed by atoms with Gasteiger partial charge in [-0.3, -0.25) is 9.36 Å². The Morgan fingerprint density at radius 1 is 1.10 bits per heavy atom. The molecule has 0 atom stereocenters. The van der Waals surface area contributed by atoms with Crippen molar-refractivity contribution < 1.29 is 9.18 Å². The van der Waals surface area contributed by atoms with Crippen LogP contribution in [0.1, 0.15) is 4.79 Å². The van der Waals surface area contributed by atoms with Crippen LogP contribution in [0.5, 0.6) is 0 Å². The Morgan fingerprint density at radius 2 is 1.80 bits per heavy atom. The van der Waals surface area contributed by atoms with E-state index in [9.17, 15) is 9.18 Å². The Bertz CT molecular complexity index is 817. The van der Waals surface area contributed by atoms with Crippen molar-refractivity contribution >= 4 is 16.8 Å². The van der Waals surface area contributed by atoms with E-state index in [0.717, 1.165) is 10.9 Å². The number of carbonyl (C=O) groups excluding carboxylic acids is 1. The van der Waals surface area contributed by atoms with Crippen LogP contribution in [0, 0.1) is 5.82 Å². The van der Waals surface area contributed by atoms with Crippen LogP contribution in [0.4, 0.5) is 4.39 Å². The lowest BCUT2D eigenvalue weighted by Crippen LogP contribution is -2.08. The van der Waals surface area contributed by atoms with Crippen molar-refractivity contribution in [1.82, 2.24) is 4.57 Å². The molecule has 20 heavy (non-hydrogen) atoms. The van der Waals surface area contributed by atoms with Gasteiger partial charge in [0.2, 0.25) is 0 Å². The normalized spacial score (nSPS) is 10.7. The average Bonchev–Trinajstić information content (AvgIpc) is 2.86. The summed E-state index contributed by atoms with van der Waals surface area (Å²) in [6.45, 7) is 3.52. The fourth-order valence-corrected chi connectivity index (χ4v) is 2.35. The first-order valence-electron chi connectivity index (χ1n) is 6.24. The quantitative estimate of drug-likeness (QED) is 0.634. The number of hydrogen-bond acceptors (Lipinski definition) is 1. The van der Waals surface area contributed by atoms with Crippen molar-refractivity contribution in [2.75, 3.05) is 0 Å². The Kier molecular flexibility index (Phi) is 2.95. The van der Waals surface area contributed by atoms with E-state index in [1.54, 1.807) is 18.2 Å². The van der Waals surface area contributed by atoms with Gasteiger partial charge in [0.05, 0.1) is 11.2 Å². The molecule has 0 spiro atoms. The minimum absolute atomic E-state index is 0.274. The predicted molar refractivity (Wildman–Crippen MR) is 78.2 cm³/mol. The van der Waals surface area contributed by atoms with Crippen LogP contribution in [-0.4, -0.2) is 10.5 Å². The summed E-state index contributed by atoms with van der Waals surface area (Å²) >= 11 is 0. The Labute approximate surface area is 115 Å². The van der Waals surface area contributed by atoms with E-state index >= 15 is 0 Å². The van der Waals surface area contributed by atoms with E-state index in [1.165, 1.54) is 16.7 Å². The molecule has 0 saturated carbocycles.